The SMILES string of the molecule is c1ccc(N(c2ccccc2)c2cccc(N(c3ccccn3)c3c4ccc5ccccc5c4cc4c3oc3ccccc34)c2)cc1. The number of furan rings is 1. The van der Waals surface area contributed by atoms with Gasteiger partial charge in [0.15, 0.2) is 5.58 Å². The Hall–Kier alpha value is -6.39. The van der Waals surface area contributed by atoms with Gasteiger partial charge in [0.2, 0.25) is 0 Å². The normalized spacial score (nSPS) is 11.4. The topological polar surface area (TPSA) is 32.5 Å². The molecule has 0 saturated carbocycles. The smallest absolute Gasteiger partial charge is 0.160 e. The molecule has 9 aromatic rings. The molecule has 0 bridgehead atoms. The second-order valence-electron chi connectivity index (χ2n) is 11.6. The number of pyridine rings is 1. The van der Waals surface area contributed by atoms with Crippen LogP contribution < -0.4 is 9.80 Å². The zero-order valence-corrected chi connectivity index (χ0v) is 25.5. The Morgan fingerprint density at radius 1 is 0.404 bits per heavy atom. The molecule has 0 fully saturated rings. The standard InChI is InChI=1S/C43H29N3O/c1-3-15-31(16-4-1)45(32-17-5-2-6-18-32)33-19-13-20-34(28-33)46(41-24-11-12-27-44-41)42-37-26-25-30-14-7-8-21-35(30)38(37)29-39-36-22-9-10-23-40(36)47-43(39)42/h1-29H. The minimum atomic E-state index is 0.804. The maximum atomic E-state index is 6.76. The van der Waals surface area contributed by atoms with E-state index in [0.29, 0.717) is 0 Å². The van der Waals surface area contributed by atoms with E-state index in [9.17, 15) is 0 Å². The maximum absolute atomic E-state index is 6.76. The van der Waals surface area contributed by atoms with Crippen molar-refractivity contribution in [3.8, 4) is 0 Å². The van der Waals surface area contributed by atoms with Crippen LogP contribution in [0.5, 0.6) is 0 Å². The third-order valence-corrected chi connectivity index (χ3v) is 8.84. The lowest BCUT2D eigenvalue weighted by molar-refractivity contribution is 0.669. The molecule has 9 rings (SSSR count). The van der Waals surface area contributed by atoms with Gasteiger partial charge in [-0.15, -0.1) is 0 Å². The van der Waals surface area contributed by atoms with E-state index in [-0.39, 0.29) is 0 Å². The van der Waals surface area contributed by atoms with Crippen LogP contribution in [0.1, 0.15) is 0 Å². The lowest BCUT2D eigenvalue weighted by atomic mass is 9.97. The molecule has 0 spiro atoms. The van der Waals surface area contributed by atoms with Gasteiger partial charge >= 0.3 is 0 Å². The molecule has 0 aliphatic heterocycles. The third-order valence-electron chi connectivity index (χ3n) is 8.84. The Morgan fingerprint density at radius 2 is 1.04 bits per heavy atom. The highest BCUT2D eigenvalue weighted by molar-refractivity contribution is 6.24. The number of fused-ring (bicyclic) bond motifs is 6. The van der Waals surface area contributed by atoms with Crippen LogP contribution in [0.4, 0.5) is 34.3 Å². The second-order valence-corrected chi connectivity index (χ2v) is 11.6. The lowest BCUT2D eigenvalue weighted by Gasteiger charge is -2.29. The van der Waals surface area contributed by atoms with Gasteiger partial charge in [0.25, 0.3) is 0 Å². The van der Waals surface area contributed by atoms with E-state index in [4.69, 9.17) is 9.40 Å². The first-order valence-electron chi connectivity index (χ1n) is 15.8. The van der Waals surface area contributed by atoms with E-state index in [2.05, 4.69) is 155 Å². The number of benzene rings is 7. The van der Waals surface area contributed by atoms with Gasteiger partial charge in [-0.05, 0) is 82.9 Å². The Bertz CT molecular complexity index is 2490. The van der Waals surface area contributed by atoms with Gasteiger partial charge in [-0.25, -0.2) is 4.98 Å². The van der Waals surface area contributed by atoms with Gasteiger partial charge < -0.3 is 9.32 Å². The summed E-state index contributed by atoms with van der Waals surface area (Å²) in [4.78, 5) is 9.46. The predicted molar refractivity (Wildman–Crippen MR) is 196 cm³/mol. The minimum Gasteiger partial charge on any atom is -0.454 e. The van der Waals surface area contributed by atoms with E-state index in [0.717, 1.165) is 61.6 Å². The van der Waals surface area contributed by atoms with E-state index < -0.39 is 0 Å². The average Bonchev–Trinajstić information content (AvgIpc) is 3.52. The van der Waals surface area contributed by atoms with Crippen molar-refractivity contribution in [2.75, 3.05) is 9.80 Å². The van der Waals surface area contributed by atoms with Gasteiger partial charge in [-0.3, -0.25) is 4.90 Å². The minimum absolute atomic E-state index is 0.804. The largest absolute Gasteiger partial charge is 0.454 e. The number of aromatic nitrogens is 1. The predicted octanol–water partition coefficient (Wildman–Crippen LogP) is 12.2. The quantitative estimate of drug-likeness (QED) is 0.177. The summed E-state index contributed by atoms with van der Waals surface area (Å²) < 4.78 is 6.76. The Morgan fingerprint density at radius 3 is 1.79 bits per heavy atom. The molecule has 0 unspecified atom stereocenters. The zero-order chi connectivity index (χ0) is 31.2. The summed E-state index contributed by atoms with van der Waals surface area (Å²) in [5.74, 6) is 0.804. The fraction of sp³-hybridized carbons (Fsp3) is 0. The molecule has 2 heterocycles. The van der Waals surface area contributed by atoms with Gasteiger partial charge in [0.05, 0.1) is 5.69 Å². The van der Waals surface area contributed by atoms with Crippen molar-refractivity contribution in [1.29, 1.82) is 0 Å². The molecule has 7 aromatic carbocycles. The van der Waals surface area contributed by atoms with E-state index >= 15 is 0 Å². The Kier molecular flexibility index (Phi) is 6.43. The second kappa shape index (κ2) is 11.2. The molecule has 0 atom stereocenters. The molecule has 0 radical (unpaired) electrons. The number of para-hydroxylation sites is 3. The van der Waals surface area contributed by atoms with Crippen LogP contribution in [0.15, 0.2) is 180 Å². The van der Waals surface area contributed by atoms with Gasteiger partial charge in [0.1, 0.15) is 11.4 Å². The highest BCUT2D eigenvalue weighted by Gasteiger charge is 2.25. The van der Waals surface area contributed by atoms with Crippen molar-refractivity contribution >= 4 is 77.7 Å². The van der Waals surface area contributed by atoms with E-state index in [1.54, 1.807) is 0 Å². The van der Waals surface area contributed by atoms with Gasteiger partial charge in [0, 0.05) is 45.1 Å². The molecule has 4 heteroatoms. The molecule has 0 saturated heterocycles. The molecule has 0 aliphatic carbocycles. The first-order valence-corrected chi connectivity index (χ1v) is 15.8. The molecule has 2 aromatic heterocycles. The summed E-state index contributed by atoms with van der Waals surface area (Å²) >= 11 is 0. The maximum Gasteiger partial charge on any atom is 0.160 e. The van der Waals surface area contributed by atoms with E-state index in [1.807, 2.05) is 30.5 Å². The summed E-state index contributed by atoms with van der Waals surface area (Å²) in [5, 5.41) is 6.83. The summed E-state index contributed by atoms with van der Waals surface area (Å²) in [7, 11) is 0. The van der Waals surface area contributed by atoms with Crippen molar-refractivity contribution in [3.05, 3.63) is 176 Å². The molecule has 0 aliphatic rings. The van der Waals surface area contributed by atoms with Crippen LogP contribution in [0.25, 0.3) is 43.5 Å². The van der Waals surface area contributed by atoms with Gasteiger partial charge in [-0.2, -0.15) is 0 Å². The van der Waals surface area contributed by atoms with Crippen molar-refractivity contribution in [2.24, 2.45) is 0 Å². The summed E-state index contributed by atoms with van der Waals surface area (Å²) in [6.45, 7) is 0. The fourth-order valence-electron chi connectivity index (χ4n) is 6.77. The number of hydrogen-bond acceptors (Lipinski definition) is 4. The molecular formula is C43H29N3O. The Labute approximate surface area is 272 Å². The Balaban J connectivity index is 1.36. The van der Waals surface area contributed by atoms with Crippen molar-refractivity contribution in [3.63, 3.8) is 0 Å². The monoisotopic (exact) mass is 603 g/mol. The van der Waals surface area contributed by atoms with Crippen LogP contribution >= 0.6 is 0 Å². The zero-order valence-electron chi connectivity index (χ0n) is 25.5. The highest BCUT2D eigenvalue weighted by Crippen LogP contribution is 2.48. The number of anilines is 6. The van der Waals surface area contributed by atoms with Crippen LogP contribution in [-0.4, -0.2) is 4.98 Å². The van der Waals surface area contributed by atoms with Crippen LogP contribution in [0, 0.1) is 0 Å². The van der Waals surface area contributed by atoms with Crippen molar-refractivity contribution in [2.45, 2.75) is 0 Å². The first-order chi connectivity index (χ1) is 23.3. The number of hydrogen-bond donors (Lipinski definition) is 0. The summed E-state index contributed by atoms with van der Waals surface area (Å²) in [5.41, 5.74) is 6.81. The molecule has 0 amide bonds. The molecule has 0 N–H and O–H groups in total. The summed E-state index contributed by atoms with van der Waals surface area (Å²) in [6, 6.07) is 59.3. The van der Waals surface area contributed by atoms with Gasteiger partial charge in [-0.1, -0.05) is 103 Å². The molecule has 47 heavy (non-hydrogen) atoms. The first kappa shape index (κ1) is 27.0. The van der Waals surface area contributed by atoms with Crippen LogP contribution in [0.2, 0.25) is 0 Å². The average molecular weight is 604 g/mol. The third kappa shape index (κ3) is 4.58. The highest BCUT2D eigenvalue weighted by atomic mass is 16.3. The molecule has 4 nitrogen and oxygen atoms in total. The fourth-order valence-corrected chi connectivity index (χ4v) is 6.77. The number of nitrogens with zero attached hydrogens (tertiary/aromatic N) is 3. The number of rotatable bonds is 6. The summed E-state index contributed by atoms with van der Waals surface area (Å²) in [6.07, 6.45) is 1.85. The van der Waals surface area contributed by atoms with Crippen LogP contribution in [-0.2, 0) is 0 Å². The molecule has 222 valence electrons. The molecular weight excluding hydrogens is 574 g/mol. The van der Waals surface area contributed by atoms with Crippen molar-refractivity contribution in [1.82, 2.24) is 4.98 Å². The van der Waals surface area contributed by atoms with Crippen molar-refractivity contribution < 1.29 is 4.42 Å². The van der Waals surface area contributed by atoms with E-state index in [1.165, 1.54) is 16.2 Å². The van der Waals surface area contributed by atoms with Crippen LogP contribution in [0.3, 0.4) is 0 Å². The lowest BCUT2D eigenvalue weighted by Crippen LogP contribution is -2.14.